The maximum atomic E-state index is 6.44. The van der Waals surface area contributed by atoms with Gasteiger partial charge in [-0.25, -0.2) is 0 Å². The van der Waals surface area contributed by atoms with E-state index in [1.807, 2.05) is 66.1 Å². The summed E-state index contributed by atoms with van der Waals surface area (Å²) in [6.07, 6.45) is 3.75. The van der Waals surface area contributed by atoms with Crippen molar-refractivity contribution in [3.05, 3.63) is 40.3 Å². The number of H-pyrrole nitrogens is 1. The van der Waals surface area contributed by atoms with Gasteiger partial charge in [-0.15, -0.1) is 0 Å². The Morgan fingerprint density at radius 2 is 1.73 bits per heavy atom. The Morgan fingerprint density at radius 1 is 1.04 bits per heavy atom. The van der Waals surface area contributed by atoms with Crippen LogP contribution in [0.5, 0.6) is 0 Å². The molecule has 0 aliphatic carbocycles. The van der Waals surface area contributed by atoms with Crippen LogP contribution in [0.3, 0.4) is 0 Å². The first kappa shape index (κ1) is 22.6. The molecule has 3 aromatic rings. The summed E-state index contributed by atoms with van der Waals surface area (Å²) in [6.45, 7) is 14.7. The zero-order valence-electron chi connectivity index (χ0n) is 16.6. The summed E-state index contributed by atoms with van der Waals surface area (Å²) in [4.78, 5) is 0. The maximum absolute atomic E-state index is 6.44. The highest BCUT2D eigenvalue weighted by atomic mass is 35.5. The van der Waals surface area contributed by atoms with E-state index >= 15 is 0 Å². The highest BCUT2D eigenvalue weighted by Gasteiger charge is 2.23. The van der Waals surface area contributed by atoms with Crippen molar-refractivity contribution in [1.82, 2.24) is 20.1 Å². The van der Waals surface area contributed by atoms with Gasteiger partial charge in [-0.05, 0) is 6.07 Å². The fourth-order valence-electron chi connectivity index (χ4n) is 2.97. The van der Waals surface area contributed by atoms with Crippen molar-refractivity contribution in [1.29, 1.82) is 0 Å². The molecule has 0 spiro atoms. The molecule has 0 atom stereocenters. The van der Waals surface area contributed by atoms with E-state index in [0.717, 1.165) is 36.1 Å². The monoisotopic (exact) mass is 396 g/mol. The molecule has 0 bridgehead atoms. The predicted octanol–water partition coefficient (Wildman–Crippen LogP) is 6.52. The Bertz CT molecular complexity index is 792. The topological polar surface area (TPSA) is 45.6 Å². The molecule has 144 valence electrons. The van der Waals surface area contributed by atoms with E-state index in [1.165, 1.54) is 11.3 Å². The van der Waals surface area contributed by atoms with Crippen LogP contribution in [0, 0.1) is 0 Å². The summed E-state index contributed by atoms with van der Waals surface area (Å²) in [5, 5.41) is 12.7. The largest absolute Gasteiger partial charge is 0.340 e. The lowest BCUT2D eigenvalue weighted by Crippen LogP contribution is -2.27. The van der Waals surface area contributed by atoms with Crippen molar-refractivity contribution in [3.8, 4) is 11.1 Å². The second-order valence-electron chi connectivity index (χ2n) is 4.89. The molecule has 0 radical (unpaired) electrons. The molecule has 3 heterocycles. The first-order valence-corrected chi connectivity index (χ1v) is 10.2. The Morgan fingerprint density at radius 3 is 2.35 bits per heavy atom. The molecular formula is C20H30Cl2N4. The average molecular weight is 397 g/mol. The van der Waals surface area contributed by atoms with Gasteiger partial charge in [-0.1, -0.05) is 70.8 Å². The molecule has 1 aliphatic heterocycles. The molecule has 0 saturated heterocycles. The highest BCUT2D eigenvalue weighted by Crippen LogP contribution is 2.41. The normalized spacial score (nSPS) is 12.0. The quantitative estimate of drug-likeness (QED) is 0.491. The average Bonchev–Trinajstić information content (AvgIpc) is 3.35. The third-order valence-corrected chi connectivity index (χ3v) is 4.61. The number of benzene rings is 1. The number of halogens is 2. The van der Waals surface area contributed by atoms with Crippen molar-refractivity contribution >= 4 is 34.1 Å². The van der Waals surface area contributed by atoms with Gasteiger partial charge in [-0.3, -0.25) is 5.10 Å². The van der Waals surface area contributed by atoms with E-state index in [-0.39, 0.29) is 0 Å². The van der Waals surface area contributed by atoms with Crippen LogP contribution in [0.2, 0.25) is 10.0 Å². The first-order chi connectivity index (χ1) is 12.8. The van der Waals surface area contributed by atoms with E-state index in [4.69, 9.17) is 23.2 Å². The van der Waals surface area contributed by atoms with Crippen LogP contribution in [0.1, 0.15) is 47.2 Å². The van der Waals surface area contributed by atoms with Crippen molar-refractivity contribution in [3.63, 3.8) is 0 Å². The minimum atomic E-state index is 0.594. The Labute approximate surface area is 166 Å². The molecule has 2 aromatic heterocycles. The minimum Gasteiger partial charge on any atom is -0.340 e. The van der Waals surface area contributed by atoms with Crippen molar-refractivity contribution in [2.24, 2.45) is 0 Å². The van der Waals surface area contributed by atoms with Crippen molar-refractivity contribution in [2.45, 2.75) is 54.6 Å². The second kappa shape index (κ2) is 11.3. The smallest absolute Gasteiger partial charge is 0.0835 e. The van der Waals surface area contributed by atoms with E-state index in [2.05, 4.69) is 20.1 Å². The molecular weight excluding hydrogens is 367 g/mol. The summed E-state index contributed by atoms with van der Waals surface area (Å²) in [5.74, 6) is 0. The SMILES string of the molecule is CC.CC.CC.Clc1ccc2c(-c3cn[nH]c3)c3n(c2c1Cl)CCNC3. The predicted molar refractivity (Wildman–Crippen MR) is 115 cm³/mol. The van der Waals surface area contributed by atoms with Gasteiger partial charge in [0.25, 0.3) is 0 Å². The molecule has 0 fully saturated rings. The summed E-state index contributed by atoms with van der Waals surface area (Å²) in [5.41, 5.74) is 4.51. The molecule has 1 aliphatic rings. The highest BCUT2D eigenvalue weighted by molar-refractivity contribution is 6.45. The van der Waals surface area contributed by atoms with Gasteiger partial charge in [-0.2, -0.15) is 5.10 Å². The van der Waals surface area contributed by atoms with Crippen LogP contribution in [0.15, 0.2) is 24.5 Å². The molecule has 6 heteroatoms. The van der Waals surface area contributed by atoms with Gasteiger partial charge in [0.05, 0.1) is 21.8 Å². The number of rotatable bonds is 1. The van der Waals surface area contributed by atoms with Gasteiger partial charge in [0.15, 0.2) is 0 Å². The summed E-state index contributed by atoms with van der Waals surface area (Å²) < 4.78 is 2.27. The van der Waals surface area contributed by atoms with Crippen LogP contribution in [-0.4, -0.2) is 21.3 Å². The van der Waals surface area contributed by atoms with E-state index in [0.29, 0.717) is 10.0 Å². The van der Waals surface area contributed by atoms with Gasteiger partial charge >= 0.3 is 0 Å². The molecule has 4 nitrogen and oxygen atoms in total. The molecule has 26 heavy (non-hydrogen) atoms. The Balaban J connectivity index is 0.000000515. The van der Waals surface area contributed by atoms with Crippen LogP contribution in [0.4, 0.5) is 0 Å². The lowest BCUT2D eigenvalue weighted by molar-refractivity contribution is 0.528. The number of nitrogens with one attached hydrogen (secondary N) is 2. The van der Waals surface area contributed by atoms with E-state index in [9.17, 15) is 0 Å². The molecule has 0 unspecified atom stereocenters. The lowest BCUT2D eigenvalue weighted by Gasteiger charge is -2.18. The van der Waals surface area contributed by atoms with Crippen molar-refractivity contribution < 1.29 is 0 Å². The molecule has 4 rings (SSSR count). The molecule has 2 N–H and O–H groups in total. The second-order valence-corrected chi connectivity index (χ2v) is 5.68. The summed E-state index contributed by atoms with van der Waals surface area (Å²) in [7, 11) is 0. The number of hydrogen-bond donors (Lipinski definition) is 2. The number of fused-ring (bicyclic) bond motifs is 3. The molecule has 0 saturated carbocycles. The van der Waals surface area contributed by atoms with E-state index < -0.39 is 0 Å². The van der Waals surface area contributed by atoms with Gasteiger partial charge in [0.2, 0.25) is 0 Å². The van der Waals surface area contributed by atoms with Crippen LogP contribution < -0.4 is 5.32 Å². The molecule has 1 aromatic carbocycles. The standard InChI is InChI=1S/C14H12Cl2N4.3C2H6/c15-10-2-1-9-12(8-5-18-19-6-8)11-7-17-3-4-20(11)14(9)13(10)16;3*1-2/h1-2,5-6,17H,3-4,7H2,(H,18,19);3*1-2H3. The minimum absolute atomic E-state index is 0.594. The lowest BCUT2D eigenvalue weighted by atomic mass is 10.0. The number of nitrogens with zero attached hydrogens (tertiary/aromatic N) is 2. The van der Waals surface area contributed by atoms with Gasteiger partial charge in [0, 0.05) is 48.0 Å². The zero-order valence-corrected chi connectivity index (χ0v) is 18.1. The third kappa shape index (κ3) is 4.25. The number of aromatic nitrogens is 3. The fraction of sp³-hybridized carbons (Fsp3) is 0.450. The fourth-order valence-corrected chi connectivity index (χ4v) is 3.39. The zero-order chi connectivity index (χ0) is 19.7. The number of hydrogen-bond acceptors (Lipinski definition) is 2. The summed E-state index contributed by atoms with van der Waals surface area (Å²) >= 11 is 12.6. The maximum Gasteiger partial charge on any atom is 0.0835 e. The summed E-state index contributed by atoms with van der Waals surface area (Å²) in [6, 6.07) is 3.90. The van der Waals surface area contributed by atoms with Crippen LogP contribution >= 0.6 is 23.2 Å². The van der Waals surface area contributed by atoms with Crippen LogP contribution in [-0.2, 0) is 13.1 Å². The Hall–Kier alpha value is -1.49. The third-order valence-electron chi connectivity index (χ3n) is 3.81. The van der Waals surface area contributed by atoms with Crippen LogP contribution in [0.25, 0.3) is 22.0 Å². The number of aromatic amines is 1. The van der Waals surface area contributed by atoms with Crippen molar-refractivity contribution in [2.75, 3.05) is 6.54 Å². The van der Waals surface area contributed by atoms with Gasteiger partial charge in [0.1, 0.15) is 0 Å². The Kier molecular flexibility index (Phi) is 9.78. The molecule has 0 amide bonds. The first-order valence-electron chi connectivity index (χ1n) is 9.46. The van der Waals surface area contributed by atoms with E-state index in [1.54, 1.807) is 0 Å². The van der Waals surface area contributed by atoms with Gasteiger partial charge < -0.3 is 9.88 Å².